The Morgan fingerprint density at radius 3 is 2.27 bits per heavy atom. The van der Waals surface area contributed by atoms with Crippen molar-refractivity contribution in [2.75, 3.05) is 13.2 Å². The van der Waals surface area contributed by atoms with Crippen molar-refractivity contribution in [3.63, 3.8) is 0 Å². The molecule has 3 rings (SSSR count). The second-order valence-corrected chi connectivity index (χ2v) is 11.0. The van der Waals surface area contributed by atoms with Crippen LogP contribution in [0.3, 0.4) is 0 Å². The van der Waals surface area contributed by atoms with Gasteiger partial charge in [-0.15, -0.1) is 4.33 Å². The zero-order valence-corrected chi connectivity index (χ0v) is 20.4. The minimum atomic E-state index is -1.36. The molecule has 3 aliphatic heterocycles. The van der Waals surface area contributed by atoms with Crippen LogP contribution in [0.2, 0.25) is 0 Å². The molecule has 13 heteroatoms. The summed E-state index contributed by atoms with van der Waals surface area (Å²) in [6.45, 7) is 11.0. The predicted octanol–water partition coefficient (Wildman–Crippen LogP) is -0.621. The van der Waals surface area contributed by atoms with Crippen molar-refractivity contribution in [2.45, 2.75) is 108 Å². The van der Waals surface area contributed by atoms with Crippen molar-refractivity contribution in [3.05, 3.63) is 0 Å². The lowest BCUT2D eigenvalue weighted by Gasteiger charge is -2.48. The molecule has 0 aliphatic carbocycles. The summed E-state index contributed by atoms with van der Waals surface area (Å²) in [4.78, 5) is 0. The Hall–Kier alpha value is -0.130. The molecule has 3 saturated heterocycles. The minimum Gasteiger partial charge on any atom is -0.691 e. The molecule has 0 amide bonds. The standard InChI is InChI=1S/C20H36O12S/c1-19(2,3)17-11(22)15-13(10(26-17)8-25-15)28-18-12(23)16(29-20(4,5)6)14(9(7-21)27-18)30-33-32-31-24/h9-18,21-24H,7-8H2,1-6H3/p-1/t9?,10-,11?,12?,13-,14-,15?,16-,17-,18-/m0/s1. The molecule has 0 saturated carbocycles. The highest BCUT2D eigenvalue weighted by Gasteiger charge is 2.57. The molecule has 3 aliphatic rings. The van der Waals surface area contributed by atoms with E-state index in [4.69, 9.17) is 27.9 Å². The van der Waals surface area contributed by atoms with E-state index in [9.17, 15) is 20.6 Å². The highest BCUT2D eigenvalue weighted by atomic mass is 32.2. The van der Waals surface area contributed by atoms with E-state index in [-0.39, 0.29) is 24.3 Å². The molecule has 12 nitrogen and oxygen atoms in total. The number of aliphatic hydroxyl groups excluding tert-OH is 3. The summed E-state index contributed by atoms with van der Waals surface area (Å²) in [5.74, 6) is 0. The van der Waals surface area contributed by atoms with Crippen LogP contribution in [0.1, 0.15) is 41.5 Å². The highest BCUT2D eigenvalue weighted by molar-refractivity contribution is 7.89. The fourth-order valence-corrected chi connectivity index (χ4v) is 4.76. The minimum absolute atomic E-state index is 0.224. The van der Waals surface area contributed by atoms with Gasteiger partial charge < -0.3 is 44.3 Å². The summed E-state index contributed by atoms with van der Waals surface area (Å²) in [6, 6.07) is 0. The molecular weight excluding hydrogens is 464 g/mol. The van der Waals surface area contributed by atoms with Gasteiger partial charge in [-0.2, -0.15) is 0 Å². The van der Waals surface area contributed by atoms with Gasteiger partial charge in [-0.05, 0) is 26.2 Å². The molecule has 0 spiro atoms. The van der Waals surface area contributed by atoms with E-state index < -0.39 is 73.4 Å². The molecule has 3 heterocycles. The number of hydrogen-bond acceptors (Lipinski definition) is 13. The molecule has 2 bridgehead atoms. The third kappa shape index (κ3) is 6.36. The van der Waals surface area contributed by atoms with E-state index in [2.05, 4.69) is 9.37 Å². The molecule has 194 valence electrons. The first-order valence-electron chi connectivity index (χ1n) is 10.9. The molecule has 3 fully saturated rings. The Morgan fingerprint density at radius 1 is 1.00 bits per heavy atom. The third-order valence-electron chi connectivity index (χ3n) is 5.75. The van der Waals surface area contributed by atoms with Gasteiger partial charge in [0.2, 0.25) is 0 Å². The Labute approximate surface area is 197 Å². The summed E-state index contributed by atoms with van der Waals surface area (Å²) in [7, 11) is 0. The summed E-state index contributed by atoms with van der Waals surface area (Å²) >= 11 is 0.230. The van der Waals surface area contributed by atoms with Crippen molar-refractivity contribution in [1.82, 2.24) is 0 Å². The molecule has 0 radical (unpaired) electrons. The van der Waals surface area contributed by atoms with Crippen molar-refractivity contribution in [3.8, 4) is 0 Å². The monoisotopic (exact) mass is 499 g/mol. The van der Waals surface area contributed by atoms with Crippen LogP contribution in [0.5, 0.6) is 0 Å². The molecule has 10 atom stereocenters. The van der Waals surface area contributed by atoms with Crippen LogP contribution < -0.4 is 5.26 Å². The smallest absolute Gasteiger partial charge is 0.194 e. The van der Waals surface area contributed by atoms with Crippen molar-refractivity contribution in [1.29, 1.82) is 0 Å². The van der Waals surface area contributed by atoms with Crippen LogP contribution in [0.15, 0.2) is 0 Å². The number of ether oxygens (including phenoxy) is 5. The lowest BCUT2D eigenvalue weighted by Crippen LogP contribution is -2.64. The normalized spacial score (nSPS) is 42.0. The lowest BCUT2D eigenvalue weighted by atomic mass is 9.81. The van der Waals surface area contributed by atoms with Gasteiger partial charge in [0, 0.05) is 0 Å². The van der Waals surface area contributed by atoms with Crippen LogP contribution in [0, 0.1) is 5.41 Å². The van der Waals surface area contributed by atoms with Gasteiger partial charge in [-0.1, -0.05) is 20.8 Å². The van der Waals surface area contributed by atoms with Crippen LogP contribution >= 0.6 is 12.3 Å². The largest absolute Gasteiger partial charge is 0.691 e. The Kier molecular flexibility index (Phi) is 9.04. The second-order valence-electron chi connectivity index (χ2n) is 10.5. The van der Waals surface area contributed by atoms with E-state index in [0.29, 0.717) is 0 Å². The van der Waals surface area contributed by atoms with Gasteiger partial charge in [-0.3, -0.25) is 9.22 Å². The molecule has 3 N–H and O–H groups in total. The Balaban J connectivity index is 1.77. The van der Waals surface area contributed by atoms with Gasteiger partial charge in [0.25, 0.3) is 0 Å². The molecule has 4 unspecified atom stereocenters. The van der Waals surface area contributed by atoms with E-state index in [1.807, 2.05) is 20.8 Å². The lowest BCUT2D eigenvalue weighted by molar-refractivity contribution is -0.777. The second kappa shape index (κ2) is 10.9. The summed E-state index contributed by atoms with van der Waals surface area (Å²) in [5.41, 5.74) is -1.02. The zero-order valence-electron chi connectivity index (χ0n) is 19.6. The van der Waals surface area contributed by atoms with Gasteiger partial charge >= 0.3 is 0 Å². The molecule has 0 aromatic carbocycles. The number of rotatable bonds is 8. The fraction of sp³-hybridized carbons (Fsp3) is 1.00. The maximum atomic E-state index is 11.1. The van der Waals surface area contributed by atoms with Crippen LogP contribution in [-0.2, 0) is 37.2 Å². The van der Waals surface area contributed by atoms with Crippen molar-refractivity contribution >= 4 is 12.3 Å². The van der Waals surface area contributed by atoms with E-state index in [0.717, 1.165) is 0 Å². The first kappa shape index (κ1) is 27.5. The van der Waals surface area contributed by atoms with Crippen LogP contribution in [0.4, 0.5) is 0 Å². The predicted molar refractivity (Wildman–Crippen MR) is 110 cm³/mol. The number of fused-ring (bicyclic) bond motifs is 2. The van der Waals surface area contributed by atoms with Gasteiger partial charge in [0.15, 0.2) is 18.6 Å². The first-order valence-corrected chi connectivity index (χ1v) is 11.6. The molecule has 0 aromatic rings. The third-order valence-corrected chi connectivity index (χ3v) is 6.16. The van der Waals surface area contributed by atoms with E-state index >= 15 is 0 Å². The summed E-state index contributed by atoms with van der Waals surface area (Å²) < 4.78 is 39.2. The molecule has 33 heavy (non-hydrogen) atoms. The first-order chi connectivity index (χ1) is 15.4. The van der Waals surface area contributed by atoms with Gasteiger partial charge in [0.1, 0.15) is 48.8 Å². The average Bonchev–Trinajstić information content (AvgIpc) is 3.01. The maximum Gasteiger partial charge on any atom is 0.194 e. The van der Waals surface area contributed by atoms with Crippen LogP contribution in [-0.4, -0.2) is 95.4 Å². The summed E-state index contributed by atoms with van der Waals surface area (Å²) in [6.07, 6.45) is -8.91. The molecular formula is C20H35O12S-. The SMILES string of the molecule is CC(C)(C)O[C@H]1C(O)[C@H](O[C@@H]2C3OC[C@@H]2O[C@H](C(C)(C)C)C3O)OC(CO)[C@@H]1OSOO[O-]. The average molecular weight is 500 g/mol. The Morgan fingerprint density at radius 2 is 1.70 bits per heavy atom. The van der Waals surface area contributed by atoms with Crippen LogP contribution in [0.25, 0.3) is 0 Å². The fourth-order valence-electron chi connectivity index (χ4n) is 4.38. The van der Waals surface area contributed by atoms with Crippen molar-refractivity contribution in [2.24, 2.45) is 5.41 Å². The van der Waals surface area contributed by atoms with Gasteiger partial charge in [0.05, 0.1) is 24.9 Å². The van der Waals surface area contributed by atoms with E-state index in [1.54, 1.807) is 20.8 Å². The van der Waals surface area contributed by atoms with Crippen molar-refractivity contribution < 1.29 is 57.8 Å². The van der Waals surface area contributed by atoms with E-state index in [1.165, 1.54) is 0 Å². The number of aliphatic hydroxyl groups is 3. The zero-order chi connectivity index (χ0) is 24.6. The topological polar surface area (TPSA) is 158 Å². The molecule has 0 aromatic heterocycles. The number of hydrogen-bond donors (Lipinski definition) is 3. The maximum absolute atomic E-state index is 11.1. The van der Waals surface area contributed by atoms with Gasteiger partial charge in [-0.25, -0.2) is 0 Å². The Bertz CT molecular complexity index is 625. The summed E-state index contributed by atoms with van der Waals surface area (Å²) in [5, 5.41) is 45.2. The quantitative estimate of drug-likeness (QED) is 0.168. The highest BCUT2D eigenvalue weighted by Crippen LogP contribution is 2.40.